The van der Waals surface area contributed by atoms with Gasteiger partial charge >= 0.3 is 0 Å². The number of hydrogen-bond donors (Lipinski definition) is 7. The third-order valence-electron chi connectivity index (χ3n) is 5.81. The maximum atomic E-state index is 10.9. The van der Waals surface area contributed by atoms with Gasteiger partial charge in [-0.3, -0.25) is 4.79 Å². The van der Waals surface area contributed by atoms with Crippen molar-refractivity contribution in [2.75, 3.05) is 72.0 Å². The molecule has 0 aliphatic heterocycles. The van der Waals surface area contributed by atoms with Crippen LogP contribution in [0.5, 0.6) is 0 Å². The quantitative estimate of drug-likeness (QED) is 0.0899. The van der Waals surface area contributed by atoms with E-state index in [1.54, 1.807) is 6.92 Å². The second-order valence-electron chi connectivity index (χ2n) is 9.16. The lowest BCUT2D eigenvalue weighted by molar-refractivity contribution is -0.118. The molecule has 9 N–H and O–H groups in total. The minimum atomic E-state index is 0.0740. The molecule has 0 saturated carbocycles. The fraction of sp³-hybridized carbons (Fsp3) is 0.960. The van der Waals surface area contributed by atoms with Gasteiger partial charge in [-0.2, -0.15) is 0 Å². The van der Waals surface area contributed by atoms with E-state index < -0.39 is 0 Å². The standard InChI is InChI=1S/C25H57N7O/c1-24(33)32-21-5-3-2-4-12-25(22-30-17-8-6-15-28-19-10-13-26)23-31-18-9-7-16-29-20-11-14-27/h25,28-31H,2-23,26-27H2,1H3,(H,32,33). The fourth-order valence-corrected chi connectivity index (χ4v) is 3.77. The largest absolute Gasteiger partial charge is 0.356 e. The van der Waals surface area contributed by atoms with Gasteiger partial charge in [-0.1, -0.05) is 19.3 Å². The van der Waals surface area contributed by atoms with Gasteiger partial charge in [-0.25, -0.2) is 0 Å². The monoisotopic (exact) mass is 471 g/mol. The van der Waals surface area contributed by atoms with Crippen LogP contribution in [0.1, 0.15) is 77.6 Å². The lowest BCUT2D eigenvalue weighted by Crippen LogP contribution is -2.32. The van der Waals surface area contributed by atoms with Crippen molar-refractivity contribution in [3.63, 3.8) is 0 Å². The molecule has 0 aromatic rings. The molecule has 0 aliphatic rings. The normalized spacial score (nSPS) is 11.4. The molecule has 33 heavy (non-hydrogen) atoms. The molecule has 0 aliphatic carbocycles. The highest BCUT2D eigenvalue weighted by atomic mass is 16.1. The summed E-state index contributed by atoms with van der Waals surface area (Å²) in [6.45, 7) is 12.6. The third kappa shape index (κ3) is 27.4. The van der Waals surface area contributed by atoms with Gasteiger partial charge in [-0.15, -0.1) is 0 Å². The van der Waals surface area contributed by atoms with E-state index >= 15 is 0 Å². The van der Waals surface area contributed by atoms with Gasteiger partial charge in [-0.05, 0) is 123 Å². The predicted molar refractivity (Wildman–Crippen MR) is 143 cm³/mol. The van der Waals surface area contributed by atoms with Crippen molar-refractivity contribution in [2.24, 2.45) is 17.4 Å². The maximum absolute atomic E-state index is 10.9. The maximum Gasteiger partial charge on any atom is 0.216 e. The Bertz CT molecular complexity index is 377. The Labute approximate surface area is 204 Å². The summed E-state index contributed by atoms with van der Waals surface area (Å²) < 4.78 is 0. The van der Waals surface area contributed by atoms with Gasteiger partial charge in [0.1, 0.15) is 0 Å². The Kier molecular flexibility index (Phi) is 26.8. The number of carbonyl (C=O) groups is 1. The van der Waals surface area contributed by atoms with Crippen LogP contribution >= 0.6 is 0 Å². The predicted octanol–water partition coefficient (Wildman–Crippen LogP) is 1.31. The highest BCUT2D eigenvalue weighted by Gasteiger charge is 2.08. The number of hydrogen-bond acceptors (Lipinski definition) is 7. The Morgan fingerprint density at radius 2 is 1.00 bits per heavy atom. The molecule has 0 spiro atoms. The van der Waals surface area contributed by atoms with Gasteiger partial charge in [0.05, 0.1) is 0 Å². The van der Waals surface area contributed by atoms with Crippen molar-refractivity contribution in [1.82, 2.24) is 26.6 Å². The molecule has 1 amide bonds. The summed E-state index contributed by atoms with van der Waals surface area (Å²) in [4.78, 5) is 10.9. The summed E-state index contributed by atoms with van der Waals surface area (Å²) in [5.74, 6) is 0.760. The number of rotatable bonds is 27. The summed E-state index contributed by atoms with van der Waals surface area (Å²) >= 11 is 0. The lowest BCUT2D eigenvalue weighted by Gasteiger charge is -2.19. The summed E-state index contributed by atoms with van der Waals surface area (Å²) in [5, 5.41) is 17.2. The number of amides is 1. The molecule has 0 fully saturated rings. The minimum absolute atomic E-state index is 0.0740. The van der Waals surface area contributed by atoms with E-state index in [4.69, 9.17) is 11.5 Å². The highest BCUT2D eigenvalue weighted by molar-refractivity contribution is 5.72. The molecule has 0 heterocycles. The van der Waals surface area contributed by atoms with E-state index in [2.05, 4.69) is 26.6 Å². The first-order chi connectivity index (χ1) is 16.2. The van der Waals surface area contributed by atoms with Gasteiger partial charge in [0.25, 0.3) is 0 Å². The Balaban J connectivity index is 3.87. The van der Waals surface area contributed by atoms with Crippen molar-refractivity contribution in [3.8, 4) is 0 Å². The van der Waals surface area contributed by atoms with Gasteiger partial charge in [0.15, 0.2) is 0 Å². The second kappa shape index (κ2) is 27.5. The van der Waals surface area contributed by atoms with E-state index in [-0.39, 0.29) is 5.91 Å². The molecule has 0 atom stereocenters. The van der Waals surface area contributed by atoms with Crippen LogP contribution in [0, 0.1) is 5.92 Å². The van der Waals surface area contributed by atoms with E-state index in [0.717, 1.165) is 91.3 Å². The Hall–Kier alpha value is -0.770. The van der Waals surface area contributed by atoms with E-state index in [0.29, 0.717) is 5.92 Å². The van der Waals surface area contributed by atoms with E-state index in [1.807, 2.05) is 0 Å². The molecule has 0 aromatic heterocycles. The zero-order valence-electron chi connectivity index (χ0n) is 21.7. The van der Waals surface area contributed by atoms with Crippen LogP contribution in [0.15, 0.2) is 0 Å². The molecule has 8 nitrogen and oxygen atoms in total. The van der Waals surface area contributed by atoms with Crippen LogP contribution in [0.4, 0.5) is 0 Å². The molecular formula is C25H57N7O. The van der Waals surface area contributed by atoms with Crippen molar-refractivity contribution in [1.29, 1.82) is 0 Å². The third-order valence-corrected chi connectivity index (χ3v) is 5.81. The number of nitrogens with one attached hydrogen (secondary N) is 5. The first kappa shape index (κ1) is 32.2. The van der Waals surface area contributed by atoms with E-state index in [1.165, 1.54) is 51.4 Å². The fourth-order valence-electron chi connectivity index (χ4n) is 3.77. The van der Waals surface area contributed by atoms with Gasteiger partial charge < -0.3 is 38.1 Å². The molecule has 0 saturated heterocycles. The topological polar surface area (TPSA) is 129 Å². The summed E-state index contributed by atoms with van der Waals surface area (Å²) in [6.07, 6.45) is 13.1. The van der Waals surface area contributed by atoms with Gasteiger partial charge in [0, 0.05) is 13.5 Å². The van der Waals surface area contributed by atoms with Crippen LogP contribution < -0.4 is 38.1 Å². The minimum Gasteiger partial charge on any atom is -0.356 e. The molecule has 0 aromatic carbocycles. The average Bonchev–Trinajstić information content (AvgIpc) is 2.80. The SMILES string of the molecule is CC(=O)NCCCCCCC(CNCCCCNCCCN)CNCCCCNCCCN. The average molecular weight is 472 g/mol. The molecular weight excluding hydrogens is 414 g/mol. The van der Waals surface area contributed by atoms with Crippen LogP contribution in [-0.4, -0.2) is 77.9 Å². The van der Waals surface area contributed by atoms with Crippen molar-refractivity contribution in [2.45, 2.75) is 77.6 Å². The smallest absolute Gasteiger partial charge is 0.216 e. The number of carbonyl (C=O) groups excluding carboxylic acids is 1. The van der Waals surface area contributed by atoms with Crippen LogP contribution in [-0.2, 0) is 4.79 Å². The zero-order valence-corrected chi connectivity index (χ0v) is 21.7. The van der Waals surface area contributed by atoms with Crippen LogP contribution in [0.3, 0.4) is 0 Å². The molecule has 198 valence electrons. The van der Waals surface area contributed by atoms with Crippen LogP contribution in [0.2, 0.25) is 0 Å². The second-order valence-corrected chi connectivity index (χ2v) is 9.16. The van der Waals surface area contributed by atoms with Gasteiger partial charge in [0.2, 0.25) is 5.91 Å². The van der Waals surface area contributed by atoms with Crippen molar-refractivity contribution >= 4 is 5.91 Å². The summed E-state index contributed by atoms with van der Waals surface area (Å²) in [5.41, 5.74) is 11.0. The summed E-state index contributed by atoms with van der Waals surface area (Å²) in [7, 11) is 0. The first-order valence-electron chi connectivity index (χ1n) is 13.7. The van der Waals surface area contributed by atoms with Crippen molar-refractivity contribution in [3.05, 3.63) is 0 Å². The molecule has 0 unspecified atom stereocenters. The molecule has 8 heteroatoms. The highest BCUT2D eigenvalue weighted by Crippen LogP contribution is 2.10. The number of unbranched alkanes of at least 4 members (excludes halogenated alkanes) is 5. The number of nitrogens with two attached hydrogens (primary N) is 2. The molecule has 0 bridgehead atoms. The Morgan fingerprint density at radius 1 is 0.576 bits per heavy atom. The summed E-state index contributed by atoms with van der Waals surface area (Å²) in [6, 6.07) is 0. The van der Waals surface area contributed by atoms with E-state index in [9.17, 15) is 4.79 Å². The zero-order chi connectivity index (χ0) is 24.2. The van der Waals surface area contributed by atoms with Crippen molar-refractivity contribution < 1.29 is 4.79 Å². The first-order valence-corrected chi connectivity index (χ1v) is 13.7. The molecule has 0 radical (unpaired) electrons. The Morgan fingerprint density at radius 3 is 1.48 bits per heavy atom. The van der Waals surface area contributed by atoms with Crippen LogP contribution in [0.25, 0.3) is 0 Å². The lowest BCUT2D eigenvalue weighted by atomic mass is 10.00. The molecule has 0 rings (SSSR count).